The second kappa shape index (κ2) is 7.30. The van der Waals surface area contributed by atoms with Crippen molar-refractivity contribution in [3.8, 4) is 0 Å². The van der Waals surface area contributed by atoms with E-state index in [4.69, 9.17) is 4.74 Å². The lowest BCUT2D eigenvalue weighted by Gasteiger charge is -2.31. The van der Waals surface area contributed by atoms with E-state index in [1.54, 1.807) is 13.0 Å². The summed E-state index contributed by atoms with van der Waals surface area (Å²) in [5.41, 5.74) is 2.30. The van der Waals surface area contributed by atoms with Crippen molar-refractivity contribution in [2.45, 2.75) is 26.0 Å². The Morgan fingerprint density at radius 3 is 2.72 bits per heavy atom. The molecule has 0 aliphatic carbocycles. The topological polar surface area (TPSA) is 46.6 Å². The van der Waals surface area contributed by atoms with Gasteiger partial charge in [0.2, 0.25) is 0 Å². The summed E-state index contributed by atoms with van der Waals surface area (Å²) in [5, 5.41) is 0. The fourth-order valence-electron chi connectivity index (χ4n) is 2.88. The number of halogens is 1. The molecule has 0 fully saturated rings. The molecule has 3 rings (SSSR count). The highest BCUT2D eigenvalue weighted by molar-refractivity contribution is 5.92. The third-order valence-electron chi connectivity index (χ3n) is 4.16. The van der Waals surface area contributed by atoms with E-state index in [9.17, 15) is 14.0 Å². The Balaban J connectivity index is 1.80. The molecule has 25 heavy (non-hydrogen) atoms. The molecule has 0 spiro atoms. The second-order valence-electron chi connectivity index (χ2n) is 5.95. The van der Waals surface area contributed by atoms with Crippen molar-refractivity contribution >= 4 is 11.9 Å². The van der Waals surface area contributed by atoms with Gasteiger partial charge in [-0.1, -0.05) is 36.4 Å². The highest BCUT2D eigenvalue weighted by atomic mass is 19.1. The van der Waals surface area contributed by atoms with E-state index in [1.807, 2.05) is 30.3 Å². The van der Waals surface area contributed by atoms with Crippen molar-refractivity contribution in [3.05, 3.63) is 83.3 Å². The number of allylic oxidation sites excluding steroid dienone is 1. The van der Waals surface area contributed by atoms with Gasteiger partial charge in [-0.3, -0.25) is 9.69 Å². The molecule has 0 saturated carbocycles. The number of benzene rings is 2. The van der Waals surface area contributed by atoms with Crippen LogP contribution in [0, 0.1) is 12.7 Å². The van der Waals surface area contributed by atoms with Crippen molar-refractivity contribution < 1.29 is 18.7 Å². The Labute approximate surface area is 145 Å². The smallest absolute Gasteiger partial charge is 0.414 e. The van der Waals surface area contributed by atoms with Gasteiger partial charge in [0.15, 0.2) is 5.78 Å². The Bertz CT molecular complexity index is 817. The minimum atomic E-state index is -0.540. The number of amides is 1. The monoisotopic (exact) mass is 339 g/mol. The van der Waals surface area contributed by atoms with Gasteiger partial charge in [0.25, 0.3) is 0 Å². The summed E-state index contributed by atoms with van der Waals surface area (Å²) in [5.74, 6) is -0.432. The first-order valence-corrected chi connectivity index (χ1v) is 8.00. The van der Waals surface area contributed by atoms with E-state index < -0.39 is 12.1 Å². The van der Waals surface area contributed by atoms with Crippen molar-refractivity contribution in [3.63, 3.8) is 0 Å². The Morgan fingerprint density at radius 1 is 1.24 bits per heavy atom. The molecule has 1 aliphatic rings. The normalized spacial score (nSPS) is 16.8. The van der Waals surface area contributed by atoms with Crippen molar-refractivity contribution in [1.82, 2.24) is 4.90 Å². The van der Waals surface area contributed by atoms with E-state index in [-0.39, 0.29) is 24.6 Å². The molecule has 0 N–H and O–H groups in total. The molecule has 0 aromatic heterocycles. The zero-order valence-corrected chi connectivity index (χ0v) is 13.8. The summed E-state index contributed by atoms with van der Waals surface area (Å²) < 4.78 is 18.7. The average Bonchev–Trinajstić information content (AvgIpc) is 2.60. The maximum Gasteiger partial charge on any atom is 0.414 e. The van der Waals surface area contributed by atoms with Gasteiger partial charge in [0, 0.05) is 12.6 Å². The number of hydrogen-bond donors (Lipinski definition) is 0. The fraction of sp³-hybridized carbons (Fsp3) is 0.200. The Hall–Kier alpha value is -2.95. The van der Waals surface area contributed by atoms with E-state index >= 15 is 0 Å². The number of ketones is 1. The molecule has 1 atom stereocenters. The first-order chi connectivity index (χ1) is 12.0. The summed E-state index contributed by atoms with van der Waals surface area (Å²) >= 11 is 0. The van der Waals surface area contributed by atoms with Gasteiger partial charge < -0.3 is 4.74 Å². The molecule has 0 radical (unpaired) electrons. The van der Waals surface area contributed by atoms with E-state index in [1.165, 1.54) is 29.3 Å². The average molecular weight is 339 g/mol. The van der Waals surface area contributed by atoms with Crippen LogP contribution in [0.3, 0.4) is 0 Å². The second-order valence-corrected chi connectivity index (χ2v) is 5.95. The number of carbonyl (C=O) groups is 2. The number of aryl methyl sites for hydroxylation is 1. The van der Waals surface area contributed by atoms with Crippen molar-refractivity contribution in [2.75, 3.05) is 0 Å². The molecule has 1 heterocycles. The minimum absolute atomic E-state index is 0.0826. The summed E-state index contributed by atoms with van der Waals surface area (Å²) in [7, 11) is 0. The fourth-order valence-corrected chi connectivity index (χ4v) is 2.88. The molecule has 128 valence electrons. The van der Waals surface area contributed by atoms with Crippen LogP contribution in [0.15, 0.2) is 60.8 Å². The van der Waals surface area contributed by atoms with Gasteiger partial charge in [0.1, 0.15) is 12.4 Å². The highest BCUT2D eigenvalue weighted by Crippen LogP contribution is 2.31. The van der Waals surface area contributed by atoms with Gasteiger partial charge in [-0.05, 0) is 41.8 Å². The van der Waals surface area contributed by atoms with Crippen LogP contribution in [0.4, 0.5) is 9.18 Å². The summed E-state index contributed by atoms with van der Waals surface area (Å²) in [6.45, 7) is 1.90. The molecule has 5 heteroatoms. The summed E-state index contributed by atoms with van der Waals surface area (Å²) in [6.07, 6.45) is 2.40. The van der Waals surface area contributed by atoms with Crippen LogP contribution in [-0.2, 0) is 16.1 Å². The molecule has 4 nitrogen and oxygen atoms in total. The van der Waals surface area contributed by atoms with Crippen molar-refractivity contribution in [1.29, 1.82) is 0 Å². The molecule has 2 aromatic rings. The van der Waals surface area contributed by atoms with Crippen LogP contribution in [0.2, 0.25) is 0 Å². The van der Waals surface area contributed by atoms with Crippen LogP contribution in [-0.4, -0.2) is 16.8 Å². The molecule has 2 aromatic carbocycles. The van der Waals surface area contributed by atoms with E-state index in [0.717, 1.165) is 11.1 Å². The zero-order chi connectivity index (χ0) is 17.8. The molecule has 1 aliphatic heterocycles. The highest BCUT2D eigenvalue weighted by Gasteiger charge is 2.30. The number of ether oxygens (including phenoxy) is 1. The first-order valence-electron chi connectivity index (χ1n) is 8.00. The lowest BCUT2D eigenvalue weighted by atomic mass is 9.94. The Morgan fingerprint density at radius 2 is 2.00 bits per heavy atom. The SMILES string of the molecule is Cc1cc(F)ccc1[C@@H]1CC(=O)C=CN1C(=O)OCc1ccccc1. The zero-order valence-electron chi connectivity index (χ0n) is 13.8. The van der Waals surface area contributed by atoms with Gasteiger partial charge in [0.05, 0.1) is 6.04 Å². The molecule has 0 bridgehead atoms. The maximum atomic E-state index is 13.4. The molecular weight excluding hydrogens is 321 g/mol. The van der Waals surface area contributed by atoms with Crippen LogP contribution >= 0.6 is 0 Å². The lowest BCUT2D eigenvalue weighted by Crippen LogP contribution is -2.35. The standard InChI is InChI=1S/C20H18FNO3/c1-14-11-16(21)7-8-18(14)19-12-17(23)9-10-22(19)20(24)25-13-15-5-3-2-4-6-15/h2-11,19H,12-13H2,1H3/t19-/m0/s1. The van der Waals surface area contributed by atoms with Crippen LogP contribution in [0.1, 0.15) is 29.2 Å². The van der Waals surface area contributed by atoms with Crippen LogP contribution < -0.4 is 0 Å². The number of carbonyl (C=O) groups excluding carboxylic acids is 2. The van der Waals surface area contributed by atoms with Gasteiger partial charge >= 0.3 is 6.09 Å². The van der Waals surface area contributed by atoms with Gasteiger partial charge in [-0.25, -0.2) is 9.18 Å². The van der Waals surface area contributed by atoms with E-state index in [2.05, 4.69) is 0 Å². The largest absolute Gasteiger partial charge is 0.444 e. The third kappa shape index (κ3) is 3.94. The number of hydrogen-bond acceptors (Lipinski definition) is 3. The predicted octanol–water partition coefficient (Wildman–Crippen LogP) is 4.30. The van der Waals surface area contributed by atoms with Gasteiger partial charge in [-0.2, -0.15) is 0 Å². The summed E-state index contributed by atoms with van der Waals surface area (Å²) in [6, 6.07) is 13.2. The molecule has 1 amide bonds. The molecule has 0 saturated heterocycles. The lowest BCUT2D eigenvalue weighted by molar-refractivity contribution is -0.116. The molecule has 0 unspecified atom stereocenters. The Kier molecular flexibility index (Phi) is 4.93. The van der Waals surface area contributed by atoms with Crippen LogP contribution in [0.25, 0.3) is 0 Å². The van der Waals surface area contributed by atoms with Crippen molar-refractivity contribution in [2.24, 2.45) is 0 Å². The van der Waals surface area contributed by atoms with E-state index in [0.29, 0.717) is 5.56 Å². The third-order valence-corrected chi connectivity index (χ3v) is 4.16. The summed E-state index contributed by atoms with van der Waals surface area (Å²) in [4.78, 5) is 25.7. The maximum absolute atomic E-state index is 13.4. The minimum Gasteiger partial charge on any atom is -0.444 e. The predicted molar refractivity (Wildman–Crippen MR) is 91.1 cm³/mol. The quantitative estimate of drug-likeness (QED) is 0.837. The number of rotatable bonds is 3. The van der Waals surface area contributed by atoms with Crippen LogP contribution in [0.5, 0.6) is 0 Å². The number of nitrogens with zero attached hydrogens (tertiary/aromatic N) is 1. The van der Waals surface area contributed by atoms with Gasteiger partial charge in [-0.15, -0.1) is 0 Å². The first kappa shape index (κ1) is 16.9. The molecular formula is C20H18FNO3.